The van der Waals surface area contributed by atoms with Crippen LogP contribution in [0.2, 0.25) is 0 Å². The van der Waals surface area contributed by atoms with Gasteiger partial charge in [0.25, 0.3) is 11.8 Å². The number of thiazole rings is 1. The summed E-state index contributed by atoms with van der Waals surface area (Å²) in [6.45, 7) is 7.35. The fraction of sp³-hybridized carbons (Fsp3) is 0.391. The van der Waals surface area contributed by atoms with Crippen molar-refractivity contribution in [1.82, 2.24) is 34.6 Å². The summed E-state index contributed by atoms with van der Waals surface area (Å²) in [6.07, 6.45) is 8.05. The van der Waals surface area contributed by atoms with E-state index in [4.69, 9.17) is 0 Å². The lowest BCUT2D eigenvalue weighted by atomic mass is 9.99. The molecule has 0 saturated carbocycles. The summed E-state index contributed by atoms with van der Waals surface area (Å²) in [5, 5.41) is 10.9. The molecule has 2 unspecified atom stereocenters. The molecule has 62 heavy (non-hydrogen) atoms. The number of piperidine rings is 2. The van der Waals surface area contributed by atoms with Crippen LogP contribution in [0.4, 0.5) is 20.9 Å². The number of hydrogen-bond acceptors (Lipinski definition) is 11. The summed E-state index contributed by atoms with van der Waals surface area (Å²) in [6, 6.07) is 18.6. The van der Waals surface area contributed by atoms with Gasteiger partial charge in [-0.1, -0.05) is 30.3 Å². The molecule has 5 aliphatic rings. The molecule has 5 aliphatic heterocycles. The van der Waals surface area contributed by atoms with Crippen molar-refractivity contribution in [1.29, 1.82) is 0 Å². The van der Waals surface area contributed by atoms with Crippen LogP contribution in [0.3, 0.4) is 0 Å². The lowest BCUT2D eigenvalue weighted by Gasteiger charge is -2.43. The summed E-state index contributed by atoms with van der Waals surface area (Å²) in [5.41, 5.74) is 6.63. The van der Waals surface area contributed by atoms with Crippen molar-refractivity contribution >= 4 is 51.5 Å². The van der Waals surface area contributed by atoms with E-state index >= 15 is 4.39 Å². The fourth-order valence-corrected chi connectivity index (χ4v) is 10.4. The second-order valence-corrected chi connectivity index (χ2v) is 17.8. The summed E-state index contributed by atoms with van der Waals surface area (Å²) < 4.78 is 18.0. The molecule has 0 radical (unpaired) electrons. The van der Waals surface area contributed by atoms with Gasteiger partial charge in [-0.05, 0) is 92.2 Å². The van der Waals surface area contributed by atoms with Gasteiger partial charge in [-0.15, -0.1) is 11.3 Å². The van der Waals surface area contributed by atoms with Crippen molar-refractivity contribution in [2.75, 3.05) is 54.8 Å². The zero-order valence-corrected chi connectivity index (χ0v) is 35.2. The average molecular weight is 857 g/mol. The quantitative estimate of drug-likeness (QED) is 0.147. The van der Waals surface area contributed by atoms with Crippen LogP contribution < -0.4 is 20.9 Å². The molecule has 320 valence electrons. The van der Waals surface area contributed by atoms with Gasteiger partial charge in [0.05, 0.1) is 18.6 Å². The first-order chi connectivity index (χ1) is 30.3. The van der Waals surface area contributed by atoms with Gasteiger partial charge in [-0.3, -0.25) is 39.6 Å². The van der Waals surface area contributed by atoms with Gasteiger partial charge in [0.1, 0.15) is 11.9 Å². The number of anilines is 3. The molecule has 5 aromatic rings. The molecule has 0 spiro atoms. The van der Waals surface area contributed by atoms with Crippen LogP contribution in [0.15, 0.2) is 78.6 Å². The Morgan fingerprint density at radius 3 is 2.48 bits per heavy atom. The molecule has 3 aromatic carbocycles. The van der Waals surface area contributed by atoms with Crippen LogP contribution in [0, 0.1) is 5.82 Å². The second-order valence-electron chi connectivity index (χ2n) is 16.9. The van der Waals surface area contributed by atoms with Gasteiger partial charge in [-0.2, -0.15) is 0 Å². The number of halogens is 1. The van der Waals surface area contributed by atoms with E-state index in [-0.39, 0.29) is 29.5 Å². The Balaban J connectivity index is 0.750. The third-order valence-corrected chi connectivity index (χ3v) is 13.9. The molecule has 14 nitrogen and oxygen atoms in total. The maximum Gasteiger partial charge on any atom is 0.255 e. The zero-order chi connectivity index (χ0) is 42.3. The van der Waals surface area contributed by atoms with E-state index in [9.17, 15) is 19.2 Å². The molecular formula is C46H49FN10O4S. The van der Waals surface area contributed by atoms with Crippen LogP contribution in [-0.2, 0) is 40.4 Å². The molecule has 0 bridgehead atoms. The molecule has 3 N–H and O–H groups in total. The number of piperazine rings is 1. The van der Waals surface area contributed by atoms with Crippen LogP contribution in [0.25, 0.3) is 11.1 Å². The Kier molecular flexibility index (Phi) is 11.0. The first kappa shape index (κ1) is 40.1. The number of fused-ring (bicyclic) bond motifs is 2. The zero-order valence-electron chi connectivity index (χ0n) is 34.4. The van der Waals surface area contributed by atoms with E-state index in [0.717, 1.165) is 106 Å². The van der Waals surface area contributed by atoms with E-state index in [2.05, 4.69) is 58.8 Å². The van der Waals surface area contributed by atoms with Crippen LogP contribution in [0.5, 0.6) is 0 Å². The highest BCUT2D eigenvalue weighted by Gasteiger charge is 2.42. The normalized spacial score (nSPS) is 20.3. The van der Waals surface area contributed by atoms with Crippen LogP contribution in [-0.4, -0.2) is 104 Å². The third kappa shape index (κ3) is 7.98. The van der Waals surface area contributed by atoms with Crippen molar-refractivity contribution in [3.63, 3.8) is 0 Å². The van der Waals surface area contributed by atoms with Crippen molar-refractivity contribution in [2.45, 2.75) is 76.3 Å². The summed E-state index contributed by atoms with van der Waals surface area (Å²) in [4.78, 5) is 69.8. The first-order valence-corrected chi connectivity index (χ1v) is 22.5. The smallest absolute Gasteiger partial charge is 0.255 e. The van der Waals surface area contributed by atoms with Gasteiger partial charge in [-0.25, -0.2) is 14.4 Å². The average Bonchev–Trinajstić information content (AvgIpc) is 4.11. The number of nitrogens with one attached hydrogen (secondary N) is 3. The van der Waals surface area contributed by atoms with E-state index in [1.165, 1.54) is 22.3 Å². The lowest BCUT2D eigenvalue weighted by Crippen LogP contribution is -2.53. The number of carbonyl (C=O) groups excluding carboxylic acids is 4. The number of aromatic nitrogens is 3. The molecule has 16 heteroatoms. The van der Waals surface area contributed by atoms with Gasteiger partial charge in [0.2, 0.25) is 11.8 Å². The minimum absolute atomic E-state index is 0.0347. The Hall–Kier alpha value is -5.97. The maximum atomic E-state index is 16.0. The largest absolute Gasteiger partial charge is 0.373 e. The van der Waals surface area contributed by atoms with Gasteiger partial charge >= 0.3 is 0 Å². The predicted octanol–water partition coefficient (Wildman–Crippen LogP) is 5.43. The number of hydrogen-bond donors (Lipinski definition) is 3. The van der Waals surface area contributed by atoms with E-state index in [1.54, 1.807) is 24.0 Å². The third-order valence-electron chi connectivity index (χ3n) is 13.2. The number of imide groups is 1. The fourth-order valence-electron chi connectivity index (χ4n) is 9.88. The van der Waals surface area contributed by atoms with E-state index in [1.807, 2.05) is 34.9 Å². The summed E-state index contributed by atoms with van der Waals surface area (Å²) in [7, 11) is 0. The summed E-state index contributed by atoms with van der Waals surface area (Å²) in [5.74, 6) is -1.77. The molecule has 4 amide bonds. The number of rotatable bonds is 11. The number of para-hydroxylation sites is 1. The standard InChI is InChI=1S/C46H49FN10O4S/c47-36-25-31(24-34-35(36)27-57(45(34)61)42(44(60)52-46-48-15-23-62-46)41-39-6-3-16-56(39)28-49-41)29-7-9-32(10-8-29)54-19-21-55(22-20-54)33-13-17-53(18-14-33)26-30-4-1-2-5-37(30)50-38-11-12-40(58)51-43(38)59/h1-2,4-5,7-10,15,23-25,28,33,38,42,50H,3,6,11-14,16-22,26-27H2,(H,48,52,60)(H,51,58,59). The number of amides is 4. The Morgan fingerprint density at radius 1 is 0.903 bits per heavy atom. The molecule has 10 rings (SSSR count). The number of benzene rings is 3. The predicted molar refractivity (Wildman–Crippen MR) is 234 cm³/mol. The van der Waals surface area contributed by atoms with Crippen molar-refractivity contribution in [2.24, 2.45) is 0 Å². The number of nitrogens with zero attached hydrogens (tertiary/aromatic N) is 7. The maximum absolute atomic E-state index is 16.0. The number of aryl methyl sites for hydroxylation is 1. The molecule has 7 heterocycles. The molecule has 2 aromatic heterocycles. The highest BCUT2D eigenvalue weighted by molar-refractivity contribution is 7.13. The Bertz CT molecular complexity index is 2490. The minimum Gasteiger partial charge on any atom is -0.373 e. The van der Waals surface area contributed by atoms with E-state index < -0.39 is 29.7 Å². The number of imidazole rings is 1. The topological polar surface area (TPSA) is 148 Å². The first-order valence-electron chi connectivity index (χ1n) is 21.6. The number of carbonyl (C=O) groups is 4. The molecule has 2 atom stereocenters. The SMILES string of the molecule is O=C1CCC(Nc2ccccc2CN2CCC(N3CCN(c4ccc(-c5cc(F)c6c(c5)C(=O)N(C(C(=O)Nc5nccs5)c5ncn7c5CCC7)C6)cc4)CC3)CC2)C(=O)N1. The number of likely N-dealkylation sites (tertiary alicyclic amines) is 1. The lowest BCUT2D eigenvalue weighted by molar-refractivity contribution is -0.133. The Morgan fingerprint density at radius 2 is 1.71 bits per heavy atom. The molecular weight excluding hydrogens is 808 g/mol. The second kappa shape index (κ2) is 17.1. The molecule has 3 fully saturated rings. The van der Waals surface area contributed by atoms with Gasteiger partial charge in [0.15, 0.2) is 11.2 Å². The van der Waals surface area contributed by atoms with Gasteiger partial charge in [0, 0.05) is 91.5 Å². The highest BCUT2D eigenvalue weighted by atomic mass is 32.1. The van der Waals surface area contributed by atoms with Crippen LogP contribution in [0.1, 0.15) is 71.0 Å². The van der Waals surface area contributed by atoms with Crippen molar-refractivity contribution < 1.29 is 23.6 Å². The van der Waals surface area contributed by atoms with Crippen LogP contribution >= 0.6 is 11.3 Å². The molecule has 0 aliphatic carbocycles. The highest BCUT2D eigenvalue weighted by Crippen LogP contribution is 2.38. The molecule has 3 saturated heterocycles. The van der Waals surface area contributed by atoms with Crippen molar-refractivity contribution in [3.05, 3.63) is 112 Å². The minimum atomic E-state index is -1.03. The van der Waals surface area contributed by atoms with Crippen molar-refractivity contribution in [3.8, 4) is 11.1 Å². The summed E-state index contributed by atoms with van der Waals surface area (Å²) >= 11 is 1.29. The van der Waals surface area contributed by atoms with Gasteiger partial charge < -0.3 is 19.7 Å². The monoisotopic (exact) mass is 856 g/mol. The van der Waals surface area contributed by atoms with E-state index in [0.29, 0.717) is 35.3 Å². The Labute approximate surface area is 363 Å².